The zero-order chi connectivity index (χ0) is 19.6. The van der Waals surface area contributed by atoms with E-state index in [2.05, 4.69) is 39.1 Å². The number of guanidine groups is 1. The number of amides is 1. The summed E-state index contributed by atoms with van der Waals surface area (Å²) in [4.78, 5) is 16.6. The molecule has 1 heterocycles. The second-order valence-electron chi connectivity index (χ2n) is 6.72. The molecule has 1 aliphatic rings. The molecule has 1 amide bonds. The second-order valence-corrected chi connectivity index (χ2v) is 6.72. The number of nitrogens with zero attached hydrogens (tertiary/aromatic N) is 1. The minimum Gasteiger partial charge on any atom is -0.375 e. The van der Waals surface area contributed by atoms with Gasteiger partial charge in [-0.25, -0.2) is 0 Å². The molecule has 0 saturated carbocycles. The van der Waals surface area contributed by atoms with E-state index in [1.807, 2.05) is 43.3 Å². The van der Waals surface area contributed by atoms with Gasteiger partial charge in [0.05, 0.1) is 19.8 Å². The van der Waals surface area contributed by atoms with Crippen molar-refractivity contribution in [2.75, 3.05) is 31.6 Å². The fourth-order valence-electron chi connectivity index (χ4n) is 3.21. The lowest BCUT2D eigenvalue weighted by atomic mass is 9.91. The molecule has 2 aromatic carbocycles. The Balaban J connectivity index is 1.49. The quantitative estimate of drug-likeness (QED) is 0.374. The monoisotopic (exact) mass is 380 g/mol. The van der Waals surface area contributed by atoms with Crippen LogP contribution in [0.25, 0.3) is 0 Å². The third kappa shape index (κ3) is 5.82. The van der Waals surface area contributed by atoms with Crippen LogP contribution in [0, 0.1) is 0 Å². The van der Waals surface area contributed by atoms with E-state index in [9.17, 15) is 4.79 Å². The van der Waals surface area contributed by atoms with E-state index < -0.39 is 0 Å². The van der Waals surface area contributed by atoms with Crippen molar-refractivity contribution in [3.8, 4) is 0 Å². The predicted molar refractivity (Wildman–Crippen MR) is 113 cm³/mol. The van der Waals surface area contributed by atoms with Gasteiger partial charge in [-0.15, -0.1) is 0 Å². The second kappa shape index (κ2) is 10.5. The zero-order valence-corrected chi connectivity index (χ0v) is 16.3. The van der Waals surface area contributed by atoms with Crippen molar-refractivity contribution in [2.24, 2.45) is 4.99 Å². The van der Waals surface area contributed by atoms with Gasteiger partial charge in [0, 0.05) is 31.1 Å². The van der Waals surface area contributed by atoms with Crippen molar-refractivity contribution in [2.45, 2.75) is 25.9 Å². The smallest absolute Gasteiger partial charge is 0.225 e. The summed E-state index contributed by atoms with van der Waals surface area (Å²) < 4.78 is 5.71. The van der Waals surface area contributed by atoms with Crippen LogP contribution in [0.1, 0.15) is 30.4 Å². The Kier molecular flexibility index (Phi) is 7.44. The lowest BCUT2D eigenvalue weighted by Crippen LogP contribution is -2.39. The summed E-state index contributed by atoms with van der Waals surface area (Å²) in [5.74, 6) is 0.884. The topological polar surface area (TPSA) is 74.8 Å². The highest BCUT2D eigenvalue weighted by Gasteiger charge is 2.24. The SMILES string of the molecule is CCNC(=NCC1CC(=O)Nc2ccccc21)NCCOCc1ccccc1. The average Bonchev–Trinajstić information content (AvgIpc) is 2.72. The number of nitrogens with one attached hydrogen (secondary N) is 3. The fraction of sp³-hybridized carbons (Fsp3) is 0.364. The van der Waals surface area contributed by atoms with Crippen molar-refractivity contribution in [3.63, 3.8) is 0 Å². The van der Waals surface area contributed by atoms with Crippen LogP contribution in [-0.2, 0) is 16.1 Å². The summed E-state index contributed by atoms with van der Waals surface area (Å²) in [5.41, 5.74) is 3.21. The molecule has 6 heteroatoms. The van der Waals surface area contributed by atoms with Crippen molar-refractivity contribution >= 4 is 17.6 Å². The van der Waals surface area contributed by atoms with Crippen LogP contribution in [0.3, 0.4) is 0 Å². The normalized spacial score (nSPS) is 16.2. The maximum absolute atomic E-state index is 12.0. The van der Waals surface area contributed by atoms with Crippen molar-refractivity contribution < 1.29 is 9.53 Å². The average molecular weight is 380 g/mol. The van der Waals surface area contributed by atoms with Crippen molar-refractivity contribution in [3.05, 3.63) is 65.7 Å². The van der Waals surface area contributed by atoms with E-state index in [4.69, 9.17) is 4.74 Å². The number of carbonyl (C=O) groups excluding carboxylic acids is 1. The Morgan fingerprint density at radius 3 is 2.75 bits per heavy atom. The third-order valence-corrected chi connectivity index (χ3v) is 4.57. The van der Waals surface area contributed by atoms with Crippen LogP contribution >= 0.6 is 0 Å². The van der Waals surface area contributed by atoms with Gasteiger partial charge in [0.2, 0.25) is 5.91 Å². The van der Waals surface area contributed by atoms with Gasteiger partial charge in [-0.2, -0.15) is 0 Å². The van der Waals surface area contributed by atoms with E-state index >= 15 is 0 Å². The molecular formula is C22H28N4O2. The van der Waals surface area contributed by atoms with Crippen LogP contribution in [0.5, 0.6) is 0 Å². The summed E-state index contributed by atoms with van der Waals surface area (Å²) in [6.07, 6.45) is 0.458. The maximum Gasteiger partial charge on any atom is 0.225 e. The maximum atomic E-state index is 12.0. The molecule has 0 saturated heterocycles. The molecule has 0 aromatic heterocycles. The van der Waals surface area contributed by atoms with Gasteiger partial charge in [0.1, 0.15) is 0 Å². The molecule has 0 spiro atoms. The van der Waals surface area contributed by atoms with E-state index in [1.54, 1.807) is 0 Å². The lowest BCUT2D eigenvalue weighted by molar-refractivity contribution is -0.116. The van der Waals surface area contributed by atoms with Crippen LogP contribution in [-0.4, -0.2) is 38.1 Å². The van der Waals surface area contributed by atoms with Crippen LogP contribution in [0.4, 0.5) is 5.69 Å². The molecule has 0 fully saturated rings. The van der Waals surface area contributed by atoms with E-state index in [-0.39, 0.29) is 11.8 Å². The molecule has 1 aliphatic heterocycles. The van der Waals surface area contributed by atoms with Crippen molar-refractivity contribution in [1.82, 2.24) is 10.6 Å². The highest BCUT2D eigenvalue weighted by Crippen LogP contribution is 2.31. The first-order valence-electron chi connectivity index (χ1n) is 9.79. The largest absolute Gasteiger partial charge is 0.375 e. The first-order valence-corrected chi connectivity index (χ1v) is 9.79. The van der Waals surface area contributed by atoms with Crippen LogP contribution < -0.4 is 16.0 Å². The minimum absolute atomic E-state index is 0.0474. The molecule has 28 heavy (non-hydrogen) atoms. The van der Waals surface area contributed by atoms with E-state index in [1.165, 1.54) is 0 Å². The Labute approximate surface area is 166 Å². The first-order chi connectivity index (χ1) is 13.8. The number of hydrogen-bond donors (Lipinski definition) is 3. The van der Waals surface area contributed by atoms with Crippen LogP contribution in [0.15, 0.2) is 59.6 Å². The fourth-order valence-corrected chi connectivity index (χ4v) is 3.21. The standard InChI is InChI=1S/C22H28N4O2/c1-2-23-22(24-12-13-28-16-17-8-4-3-5-9-17)25-15-18-14-21(27)26-20-11-7-6-10-19(18)20/h3-11,18H,2,12-16H2,1H3,(H,26,27)(H2,23,24,25). The third-order valence-electron chi connectivity index (χ3n) is 4.57. The van der Waals surface area contributed by atoms with Gasteiger partial charge in [0.25, 0.3) is 0 Å². The molecule has 148 valence electrons. The van der Waals surface area contributed by atoms with E-state index in [0.29, 0.717) is 32.7 Å². The Bertz CT molecular complexity index is 792. The van der Waals surface area contributed by atoms with Crippen molar-refractivity contribution in [1.29, 1.82) is 0 Å². The number of fused-ring (bicyclic) bond motifs is 1. The molecule has 0 aliphatic carbocycles. The molecule has 1 unspecified atom stereocenters. The zero-order valence-electron chi connectivity index (χ0n) is 16.3. The highest BCUT2D eigenvalue weighted by atomic mass is 16.5. The summed E-state index contributed by atoms with van der Waals surface area (Å²) in [6.45, 7) is 5.23. The first kappa shape index (κ1) is 19.9. The molecular weight excluding hydrogens is 352 g/mol. The number of anilines is 1. The van der Waals surface area contributed by atoms with Gasteiger partial charge < -0.3 is 20.7 Å². The van der Waals surface area contributed by atoms with Gasteiger partial charge >= 0.3 is 0 Å². The van der Waals surface area contributed by atoms with Gasteiger partial charge in [-0.05, 0) is 24.1 Å². The minimum atomic E-state index is 0.0474. The molecule has 0 radical (unpaired) electrons. The summed E-state index contributed by atoms with van der Waals surface area (Å²) in [5, 5.41) is 9.47. The number of aliphatic imine (C=N–C) groups is 1. The van der Waals surface area contributed by atoms with Gasteiger partial charge in [0.15, 0.2) is 5.96 Å². The van der Waals surface area contributed by atoms with Gasteiger partial charge in [-0.3, -0.25) is 9.79 Å². The molecule has 1 atom stereocenters. The molecule has 3 rings (SSSR count). The number of rotatable bonds is 8. The number of ether oxygens (including phenoxy) is 1. The molecule has 2 aromatic rings. The lowest BCUT2D eigenvalue weighted by Gasteiger charge is -2.24. The number of carbonyl (C=O) groups is 1. The molecule has 0 bridgehead atoms. The van der Waals surface area contributed by atoms with Crippen LogP contribution in [0.2, 0.25) is 0 Å². The predicted octanol–water partition coefficient (Wildman–Crippen LogP) is 2.88. The Morgan fingerprint density at radius 2 is 1.93 bits per heavy atom. The Morgan fingerprint density at radius 1 is 1.14 bits per heavy atom. The van der Waals surface area contributed by atoms with E-state index in [0.717, 1.165) is 29.3 Å². The van der Waals surface area contributed by atoms with Gasteiger partial charge in [-0.1, -0.05) is 48.5 Å². The number of para-hydroxylation sites is 1. The Hall–Kier alpha value is -2.86. The summed E-state index contributed by atoms with van der Waals surface area (Å²) >= 11 is 0. The summed E-state index contributed by atoms with van der Waals surface area (Å²) in [6, 6.07) is 18.1. The molecule has 3 N–H and O–H groups in total. The summed E-state index contributed by atoms with van der Waals surface area (Å²) in [7, 11) is 0. The number of benzene rings is 2. The highest BCUT2D eigenvalue weighted by molar-refractivity contribution is 5.94. The number of hydrogen-bond acceptors (Lipinski definition) is 3. The molecule has 6 nitrogen and oxygen atoms in total.